The van der Waals surface area contributed by atoms with Gasteiger partial charge < -0.3 is 9.73 Å². The van der Waals surface area contributed by atoms with Crippen molar-refractivity contribution in [2.24, 2.45) is 5.92 Å². The first-order valence-electron chi connectivity index (χ1n) is 6.50. The number of aryl methyl sites for hydroxylation is 1. The maximum absolute atomic E-state index is 5.23. The van der Waals surface area contributed by atoms with Crippen LogP contribution in [0.15, 0.2) is 34.9 Å². The molecule has 0 bridgehead atoms. The van der Waals surface area contributed by atoms with E-state index in [0.29, 0.717) is 11.9 Å². The molecule has 1 N–H and O–H groups in total. The molecule has 1 heterocycles. The Morgan fingerprint density at radius 2 is 1.94 bits per heavy atom. The zero-order valence-corrected chi connectivity index (χ0v) is 10.8. The van der Waals surface area contributed by atoms with Gasteiger partial charge in [0, 0.05) is 24.2 Å². The zero-order valence-electron chi connectivity index (χ0n) is 10.8. The van der Waals surface area contributed by atoms with E-state index in [-0.39, 0.29) is 0 Å². The van der Waals surface area contributed by atoms with Gasteiger partial charge in [-0.15, -0.1) is 0 Å². The summed E-state index contributed by atoms with van der Waals surface area (Å²) in [5.41, 5.74) is 3.19. The maximum atomic E-state index is 5.23. The highest BCUT2D eigenvalue weighted by atomic mass is 16.3. The van der Waals surface area contributed by atoms with Crippen LogP contribution in [-0.4, -0.2) is 11.0 Å². The summed E-state index contributed by atoms with van der Waals surface area (Å²) in [7, 11) is 0. The molecule has 0 spiro atoms. The molecule has 0 aliphatic heterocycles. The molecule has 18 heavy (non-hydrogen) atoms. The van der Waals surface area contributed by atoms with Crippen LogP contribution >= 0.6 is 0 Å². The van der Waals surface area contributed by atoms with Crippen molar-refractivity contribution in [3.63, 3.8) is 0 Å². The second-order valence-corrected chi connectivity index (χ2v) is 5.25. The smallest absolute Gasteiger partial charge is 0.191 e. The molecule has 0 unspecified atom stereocenters. The van der Waals surface area contributed by atoms with Crippen LogP contribution < -0.4 is 5.32 Å². The molecule has 0 atom stereocenters. The van der Waals surface area contributed by atoms with Gasteiger partial charge in [0.15, 0.2) is 5.89 Å². The summed E-state index contributed by atoms with van der Waals surface area (Å²) in [5.74, 6) is 1.58. The van der Waals surface area contributed by atoms with Crippen LogP contribution in [-0.2, 0) is 0 Å². The van der Waals surface area contributed by atoms with Gasteiger partial charge in [0.2, 0.25) is 0 Å². The largest absolute Gasteiger partial charge is 0.449 e. The summed E-state index contributed by atoms with van der Waals surface area (Å²) in [6.45, 7) is 4.16. The number of anilines is 1. The fraction of sp³-hybridized carbons (Fsp3) is 0.400. The number of oxazole rings is 1. The van der Waals surface area contributed by atoms with Gasteiger partial charge in [0.1, 0.15) is 12.0 Å². The molecular weight excluding hydrogens is 224 g/mol. The lowest BCUT2D eigenvalue weighted by Crippen LogP contribution is -2.33. The predicted octanol–water partition coefficient (Wildman–Crippen LogP) is 3.86. The first-order valence-corrected chi connectivity index (χ1v) is 6.50. The monoisotopic (exact) mass is 242 g/mol. The van der Waals surface area contributed by atoms with Crippen molar-refractivity contribution in [1.82, 2.24) is 4.98 Å². The summed E-state index contributed by atoms with van der Waals surface area (Å²) in [6, 6.07) is 9.05. The number of benzene rings is 1. The lowest BCUT2D eigenvalue weighted by Gasteiger charge is -2.34. The SMILES string of the molecule is Cc1nc(-c2ccc(NC3CC(C)C3)cc2)co1. The van der Waals surface area contributed by atoms with Crippen molar-refractivity contribution in [1.29, 1.82) is 0 Å². The van der Waals surface area contributed by atoms with E-state index in [1.54, 1.807) is 6.26 Å². The first-order chi connectivity index (χ1) is 8.70. The van der Waals surface area contributed by atoms with Gasteiger partial charge in [-0.1, -0.05) is 19.1 Å². The second-order valence-electron chi connectivity index (χ2n) is 5.25. The minimum Gasteiger partial charge on any atom is -0.449 e. The van der Waals surface area contributed by atoms with E-state index in [9.17, 15) is 0 Å². The Morgan fingerprint density at radius 3 is 2.50 bits per heavy atom. The van der Waals surface area contributed by atoms with Gasteiger partial charge in [-0.3, -0.25) is 0 Å². The second kappa shape index (κ2) is 4.48. The summed E-state index contributed by atoms with van der Waals surface area (Å²) >= 11 is 0. The topological polar surface area (TPSA) is 38.1 Å². The molecule has 1 aromatic carbocycles. The molecule has 1 aliphatic rings. The molecule has 94 valence electrons. The normalized spacial score (nSPS) is 22.6. The lowest BCUT2D eigenvalue weighted by atomic mass is 9.82. The molecule has 1 aliphatic carbocycles. The highest BCUT2D eigenvalue weighted by molar-refractivity contribution is 5.62. The Balaban J connectivity index is 1.69. The third-order valence-corrected chi connectivity index (χ3v) is 3.54. The van der Waals surface area contributed by atoms with Crippen molar-refractivity contribution >= 4 is 5.69 Å². The number of hydrogen-bond acceptors (Lipinski definition) is 3. The van der Waals surface area contributed by atoms with Crippen LogP contribution in [0.1, 0.15) is 25.7 Å². The van der Waals surface area contributed by atoms with Gasteiger partial charge in [-0.05, 0) is 30.9 Å². The van der Waals surface area contributed by atoms with Crippen LogP contribution in [0.4, 0.5) is 5.69 Å². The molecule has 1 saturated carbocycles. The summed E-state index contributed by atoms with van der Waals surface area (Å²) in [6.07, 6.45) is 4.26. The number of rotatable bonds is 3. The fourth-order valence-electron chi connectivity index (χ4n) is 2.49. The van der Waals surface area contributed by atoms with Crippen LogP contribution in [0.2, 0.25) is 0 Å². The van der Waals surface area contributed by atoms with E-state index < -0.39 is 0 Å². The van der Waals surface area contributed by atoms with Crippen molar-refractivity contribution < 1.29 is 4.42 Å². The van der Waals surface area contributed by atoms with E-state index >= 15 is 0 Å². The van der Waals surface area contributed by atoms with E-state index in [1.807, 2.05) is 6.92 Å². The zero-order chi connectivity index (χ0) is 12.5. The lowest BCUT2D eigenvalue weighted by molar-refractivity contribution is 0.309. The van der Waals surface area contributed by atoms with Gasteiger partial charge in [-0.2, -0.15) is 0 Å². The van der Waals surface area contributed by atoms with Gasteiger partial charge in [-0.25, -0.2) is 4.98 Å². The van der Waals surface area contributed by atoms with Crippen molar-refractivity contribution in [3.05, 3.63) is 36.4 Å². The third kappa shape index (κ3) is 2.26. The Kier molecular flexibility index (Phi) is 2.82. The van der Waals surface area contributed by atoms with Gasteiger partial charge in [0.25, 0.3) is 0 Å². The van der Waals surface area contributed by atoms with Crippen molar-refractivity contribution in [3.8, 4) is 11.3 Å². The minimum absolute atomic E-state index is 0.653. The molecule has 1 aromatic heterocycles. The fourth-order valence-corrected chi connectivity index (χ4v) is 2.49. The van der Waals surface area contributed by atoms with Crippen LogP contribution in [0, 0.1) is 12.8 Å². The Morgan fingerprint density at radius 1 is 1.22 bits per heavy atom. The molecule has 3 nitrogen and oxygen atoms in total. The molecular formula is C15H18N2O. The Bertz CT molecular complexity index is 524. The maximum Gasteiger partial charge on any atom is 0.191 e. The average molecular weight is 242 g/mol. The van der Waals surface area contributed by atoms with E-state index in [2.05, 4.69) is 41.5 Å². The molecule has 0 saturated heterocycles. The third-order valence-electron chi connectivity index (χ3n) is 3.54. The van der Waals surface area contributed by atoms with Crippen LogP contribution in [0.5, 0.6) is 0 Å². The van der Waals surface area contributed by atoms with E-state index in [1.165, 1.54) is 18.5 Å². The average Bonchev–Trinajstić information content (AvgIpc) is 2.75. The standard InChI is InChI=1S/C15H18N2O/c1-10-7-14(8-10)17-13-5-3-12(4-6-13)15-9-18-11(2)16-15/h3-6,9-10,14,17H,7-8H2,1-2H3. The molecule has 3 rings (SSSR count). The quantitative estimate of drug-likeness (QED) is 0.888. The number of aromatic nitrogens is 1. The molecule has 0 radical (unpaired) electrons. The molecule has 1 fully saturated rings. The van der Waals surface area contributed by atoms with Crippen LogP contribution in [0.3, 0.4) is 0 Å². The summed E-state index contributed by atoms with van der Waals surface area (Å²) < 4.78 is 5.23. The molecule has 2 aromatic rings. The predicted molar refractivity (Wildman–Crippen MR) is 72.5 cm³/mol. The van der Waals surface area contributed by atoms with Crippen LogP contribution in [0.25, 0.3) is 11.3 Å². The first kappa shape index (κ1) is 11.3. The van der Waals surface area contributed by atoms with Gasteiger partial charge >= 0.3 is 0 Å². The van der Waals surface area contributed by atoms with E-state index in [0.717, 1.165) is 17.2 Å². The van der Waals surface area contributed by atoms with E-state index in [4.69, 9.17) is 4.42 Å². The summed E-state index contributed by atoms with van der Waals surface area (Å²) in [4.78, 5) is 4.32. The van der Waals surface area contributed by atoms with Gasteiger partial charge in [0.05, 0.1) is 0 Å². The minimum atomic E-state index is 0.653. The highest BCUT2D eigenvalue weighted by Crippen LogP contribution is 2.30. The number of nitrogens with one attached hydrogen (secondary N) is 1. The molecule has 0 amide bonds. The Labute approximate surface area is 107 Å². The molecule has 3 heteroatoms. The number of hydrogen-bond donors (Lipinski definition) is 1. The number of nitrogens with zero attached hydrogens (tertiary/aromatic N) is 1. The Hall–Kier alpha value is -1.77. The van der Waals surface area contributed by atoms with Crippen molar-refractivity contribution in [2.45, 2.75) is 32.7 Å². The summed E-state index contributed by atoms with van der Waals surface area (Å²) in [5, 5.41) is 3.55. The van der Waals surface area contributed by atoms with Crippen molar-refractivity contribution in [2.75, 3.05) is 5.32 Å². The highest BCUT2D eigenvalue weighted by Gasteiger charge is 2.24.